The van der Waals surface area contributed by atoms with E-state index in [1.165, 1.54) is 4.31 Å². The average molecular weight is 370 g/mol. The van der Waals surface area contributed by atoms with Crippen LogP contribution in [0.4, 0.5) is 5.69 Å². The minimum absolute atomic E-state index is 0.298. The van der Waals surface area contributed by atoms with Crippen LogP contribution in [0.5, 0.6) is 0 Å². The third-order valence-corrected chi connectivity index (χ3v) is 6.68. The molecule has 4 rings (SSSR count). The van der Waals surface area contributed by atoms with E-state index in [-0.39, 0.29) is 0 Å². The third-order valence-electron chi connectivity index (χ3n) is 4.87. The zero-order valence-electron chi connectivity index (χ0n) is 14.9. The molecular weight excluding hydrogens is 348 g/mol. The second kappa shape index (κ2) is 6.41. The number of fused-ring (bicyclic) bond motifs is 1. The number of rotatable bonds is 4. The number of hydrogen-bond acceptors (Lipinski definition) is 4. The zero-order valence-corrected chi connectivity index (χ0v) is 15.8. The van der Waals surface area contributed by atoms with Gasteiger partial charge in [-0.3, -0.25) is 4.98 Å². The van der Waals surface area contributed by atoms with Crippen molar-refractivity contribution in [3.05, 3.63) is 42.6 Å². The molecule has 3 aromatic rings. The van der Waals surface area contributed by atoms with Crippen LogP contribution in [0, 0.1) is 0 Å². The highest BCUT2D eigenvalue weighted by Gasteiger charge is 2.23. The number of benzene rings is 1. The smallest absolute Gasteiger partial charge is 0.242 e. The Kier molecular flexibility index (Phi) is 4.20. The fourth-order valence-electron chi connectivity index (χ4n) is 3.44. The number of hydrogen-bond donors (Lipinski definition) is 1. The fraction of sp³-hybridized carbons (Fsp3) is 0.316. The third kappa shape index (κ3) is 2.87. The molecule has 0 saturated carbocycles. The SMILES string of the molecule is CN(C)S(=O)(=O)c1ccc(N2CCCC2)c(-c2cc3ncccc3[nH]2)c1. The zero-order chi connectivity index (χ0) is 18.3. The summed E-state index contributed by atoms with van der Waals surface area (Å²) in [7, 11) is -0.389. The van der Waals surface area contributed by atoms with Crippen molar-refractivity contribution in [1.29, 1.82) is 0 Å². The molecule has 0 bridgehead atoms. The van der Waals surface area contributed by atoms with Crippen molar-refractivity contribution < 1.29 is 8.42 Å². The lowest BCUT2D eigenvalue weighted by atomic mass is 10.1. The van der Waals surface area contributed by atoms with Crippen LogP contribution in [0.2, 0.25) is 0 Å². The van der Waals surface area contributed by atoms with Crippen LogP contribution in [0.1, 0.15) is 12.8 Å². The molecule has 0 atom stereocenters. The van der Waals surface area contributed by atoms with E-state index in [0.717, 1.165) is 53.9 Å². The maximum atomic E-state index is 12.6. The lowest BCUT2D eigenvalue weighted by molar-refractivity contribution is 0.521. The predicted molar refractivity (Wildman–Crippen MR) is 104 cm³/mol. The summed E-state index contributed by atoms with van der Waals surface area (Å²) in [5.41, 5.74) is 4.66. The Hall–Kier alpha value is -2.38. The van der Waals surface area contributed by atoms with Gasteiger partial charge in [-0.05, 0) is 49.2 Å². The summed E-state index contributed by atoms with van der Waals surface area (Å²) >= 11 is 0. The van der Waals surface area contributed by atoms with E-state index in [2.05, 4.69) is 14.9 Å². The number of aromatic nitrogens is 2. The maximum absolute atomic E-state index is 12.6. The molecule has 1 aliphatic rings. The lowest BCUT2D eigenvalue weighted by Gasteiger charge is -2.22. The molecule has 6 nitrogen and oxygen atoms in total. The first-order chi connectivity index (χ1) is 12.5. The van der Waals surface area contributed by atoms with Crippen LogP contribution in [0.3, 0.4) is 0 Å². The highest BCUT2D eigenvalue weighted by molar-refractivity contribution is 7.89. The lowest BCUT2D eigenvalue weighted by Crippen LogP contribution is -2.23. The van der Waals surface area contributed by atoms with Crippen molar-refractivity contribution in [2.24, 2.45) is 0 Å². The summed E-state index contributed by atoms with van der Waals surface area (Å²) in [6.07, 6.45) is 4.07. The number of anilines is 1. The summed E-state index contributed by atoms with van der Waals surface area (Å²) in [6, 6.07) is 11.2. The molecule has 0 unspecified atom stereocenters. The molecule has 2 aromatic heterocycles. The van der Waals surface area contributed by atoms with Gasteiger partial charge in [-0.25, -0.2) is 12.7 Å². The molecular formula is C19H22N4O2S. The van der Waals surface area contributed by atoms with E-state index in [1.807, 2.05) is 24.3 Å². The van der Waals surface area contributed by atoms with Gasteiger partial charge in [0.2, 0.25) is 10.0 Å². The Morgan fingerprint density at radius 1 is 1.12 bits per heavy atom. The molecule has 1 fully saturated rings. The summed E-state index contributed by atoms with van der Waals surface area (Å²) in [6.45, 7) is 1.98. The van der Waals surface area contributed by atoms with Crippen molar-refractivity contribution in [3.63, 3.8) is 0 Å². The van der Waals surface area contributed by atoms with E-state index >= 15 is 0 Å². The highest BCUT2D eigenvalue weighted by atomic mass is 32.2. The number of nitrogens with zero attached hydrogens (tertiary/aromatic N) is 3. The number of H-pyrrole nitrogens is 1. The fourth-order valence-corrected chi connectivity index (χ4v) is 4.37. The first-order valence-electron chi connectivity index (χ1n) is 8.72. The van der Waals surface area contributed by atoms with Gasteiger partial charge >= 0.3 is 0 Å². The number of nitrogens with one attached hydrogen (secondary N) is 1. The van der Waals surface area contributed by atoms with Gasteiger partial charge in [-0.15, -0.1) is 0 Å². The summed E-state index contributed by atoms with van der Waals surface area (Å²) in [5, 5.41) is 0. The summed E-state index contributed by atoms with van der Waals surface area (Å²) in [4.78, 5) is 10.4. The number of sulfonamides is 1. The first-order valence-corrected chi connectivity index (χ1v) is 10.2. The molecule has 1 N–H and O–H groups in total. The minimum Gasteiger partial charge on any atom is -0.371 e. The molecule has 0 spiro atoms. The van der Waals surface area contributed by atoms with E-state index in [1.54, 1.807) is 32.4 Å². The quantitative estimate of drug-likeness (QED) is 0.766. The van der Waals surface area contributed by atoms with Crippen molar-refractivity contribution in [2.45, 2.75) is 17.7 Å². The summed E-state index contributed by atoms with van der Waals surface area (Å²) < 4.78 is 26.5. The molecule has 1 aliphatic heterocycles. The Morgan fingerprint density at radius 2 is 1.88 bits per heavy atom. The van der Waals surface area contributed by atoms with Crippen LogP contribution in [-0.2, 0) is 10.0 Å². The van der Waals surface area contributed by atoms with Gasteiger partial charge in [0, 0.05) is 44.6 Å². The van der Waals surface area contributed by atoms with Crippen LogP contribution >= 0.6 is 0 Å². The van der Waals surface area contributed by atoms with Gasteiger partial charge < -0.3 is 9.88 Å². The van der Waals surface area contributed by atoms with Gasteiger partial charge in [0.25, 0.3) is 0 Å². The van der Waals surface area contributed by atoms with Crippen molar-refractivity contribution in [2.75, 3.05) is 32.1 Å². The molecule has 0 aliphatic carbocycles. The molecule has 0 radical (unpaired) electrons. The van der Waals surface area contributed by atoms with Crippen LogP contribution in [0.15, 0.2) is 47.5 Å². The normalized spacial score (nSPS) is 15.3. The summed E-state index contributed by atoms with van der Waals surface area (Å²) in [5.74, 6) is 0. The van der Waals surface area contributed by atoms with E-state index in [9.17, 15) is 8.42 Å². The van der Waals surface area contributed by atoms with E-state index in [0.29, 0.717) is 4.90 Å². The van der Waals surface area contributed by atoms with E-state index < -0.39 is 10.0 Å². The first kappa shape index (κ1) is 17.1. The Balaban J connectivity index is 1.91. The molecule has 136 valence electrons. The van der Waals surface area contributed by atoms with E-state index in [4.69, 9.17) is 0 Å². The second-order valence-corrected chi connectivity index (χ2v) is 8.93. The average Bonchev–Trinajstić information content (AvgIpc) is 3.30. The molecule has 0 amide bonds. The molecule has 1 saturated heterocycles. The standard InChI is InChI=1S/C19H22N4O2S/c1-22(2)26(24,25)14-7-8-19(23-10-3-4-11-23)15(12-14)17-13-18-16(21-17)6-5-9-20-18/h5-9,12-13,21H,3-4,10-11H2,1-2H3. The maximum Gasteiger partial charge on any atom is 0.242 e. The van der Waals surface area contributed by atoms with Gasteiger partial charge in [-0.1, -0.05) is 0 Å². The number of pyridine rings is 1. The van der Waals surface area contributed by atoms with Gasteiger partial charge in [0.05, 0.1) is 21.6 Å². The molecule has 26 heavy (non-hydrogen) atoms. The van der Waals surface area contributed by atoms with Gasteiger partial charge in [-0.2, -0.15) is 0 Å². The van der Waals surface area contributed by atoms with Crippen LogP contribution in [0.25, 0.3) is 22.3 Å². The Morgan fingerprint density at radius 3 is 2.58 bits per heavy atom. The van der Waals surface area contributed by atoms with Crippen molar-refractivity contribution in [3.8, 4) is 11.3 Å². The number of aromatic amines is 1. The molecule has 1 aromatic carbocycles. The van der Waals surface area contributed by atoms with Gasteiger partial charge in [0.15, 0.2) is 0 Å². The Bertz CT molecular complexity index is 1020. The molecule has 7 heteroatoms. The Labute approximate surface area is 153 Å². The van der Waals surface area contributed by atoms with Gasteiger partial charge in [0.1, 0.15) is 0 Å². The molecule has 3 heterocycles. The highest BCUT2D eigenvalue weighted by Crippen LogP contribution is 2.36. The topological polar surface area (TPSA) is 69.3 Å². The minimum atomic E-state index is -3.49. The predicted octanol–water partition coefficient (Wildman–Crippen LogP) is 3.08. The monoisotopic (exact) mass is 370 g/mol. The van der Waals surface area contributed by atoms with Crippen molar-refractivity contribution in [1.82, 2.24) is 14.3 Å². The second-order valence-electron chi connectivity index (χ2n) is 6.78. The largest absolute Gasteiger partial charge is 0.371 e. The van der Waals surface area contributed by atoms with Crippen molar-refractivity contribution >= 4 is 26.7 Å². The van der Waals surface area contributed by atoms with Crippen LogP contribution in [-0.4, -0.2) is 49.9 Å². The van der Waals surface area contributed by atoms with Crippen LogP contribution < -0.4 is 4.90 Å².